The van der Waals surface area contributed by atoms with Gasteiger partial charge in [-0.2, -0.15) is 0 Å². The number of methoxy groups -OCH3 is 4. The number of hydrogen-bond donors (Lipinski definition) is 1. The third-order valence-electron chi connectivity index (χ3n) is 11.8. The number of likely N-dealkylation sites (tertiary alicyclic amines) is 1. The molecule has 0 radical (unpaired) electrons. The van der Waals surface area contributed by atoms with Crippen LogP contribution in [-0.2, 0) is 23.7 Å². The summed E-state index contributed by atoms with van der Waals surface area (Å²) in [4.78, 5) is 16.0. The molecule has 1 spiro atoms. The number of aliphatic hydroxyl groups is 1. The maximum atomic E-state index is 13.4. The number of rotatable bonds is 7. The lowest BCUT2D eigenvalue weighted by molar-refractivity contribution is -0.239. The first-order valence-corrected chi connectivity index (χ1v) is 14.3. The average Bonchev–Trinajstić information content (AvgIpc) is 3.29. The molecule has 12 atom stereocenters. The number of benzene rings is 1. The second kappa shape index (κ2) is 8.84. The number of carbonyl (C=O) groups is 1. The number of fused-ring (bicyclic) bond motifs is 2. The van der Waals surface area contributed by atoms with Crippen LogP contribution in [0.25, 0.3) is 0 Å². The average molecular weight is 540 g/mol. The summed E-state index contributed by atoms with van der Waals surface area (Å²) in [6.07, 6.45) is 3.26. The second-order valence-electron chi connectivity index (χ2n) is 13.0. The van der Waals surface area contributed by atoms with Gasteiger partial charge in [0.05, 0.1) is 24.4 Å². The van der Waals surface area contributed by atoms with Gasteiger partial charge in [-0.3, -0.25) is 0 Å². The first-order valence-electron chi connectivity index (χ1n) is 14.3. The first kappa shape index (κ1) is 26.1. The molecule has 1 aliphatic heterocycles. The van der Waals surface area contributed by atoms with E-state index < -0.39 is 23.8 Å². The largest absolute Gasteiger partial charge is 0.455 e. The molecule has 212 valence electrons. The molecule has 39 heavy (non-hydrogen) atoms. The molecule has 1 heterocycles. The van der Waals surface area contributed by atoms with Crippen LogP contribution in [0, 0.1) is 34.5 Å². The fourth-order valence-corrected chi connectivity index (χ4v) is 11.1. The molecule has 5 aliphatic carbocycles. The first-order chi connectivity index (χ1) is 18.8. The van der Waals surface area contributed by atoms with Gasteiger partial charge in [0.1, 0.15) is 17.8 Å². The van der Waals surface area contributed by atoms with Crippen molar-refractivity contribution in [3.8, 4) is 0 Å². The zero-order valence-corrected chi connectivity index (χ0v) is 23.5. The highest BCUT2D eigenvalue weighted by Crippen LogP contribution is 2.78. The molecule has 6 aliphatic rings. The third kappa shape index (κ3) is 3.03. The number of hydrogen-bond acceptors (Lipinski definition) is 8. The minimum absolute atomic E-state index is 0.00357. The Balaban J connectivity index is 1.42. The number of carbonyl (C=O) groups excluding carboxylic acids is 1. The Labute approximate surface area is 230 Å². The van der Waals surface area contributed by atoms with Gasteiger partial charge in [0, 0.05) is 69.6 Å². The van der Waals surface area contributed by atoms with E-state index in [9.17, 15) is 9.90 Å². The van der Waals surface area contributed by atoms with Gasteiger partial charge in [-0.1, -0.05) is 29.8 Å². The Morgan fingerprint density at radius 3 is 2.51 bits per heavy atom. The quantitative estimate of drug-likeness (QED) is 0.418. The number of nitrogens with zero attached hydrogens (tertiary/aromatic N) is 1. The van der Waals surface area contributed by atoms with E-state index in [1.807, 2.05) is 32.4 Å². The summed E-state index contributed by atoms with van der Waals surface area (Å²) in [6.45, 7) is 1.60. The van der Waals surface area contributed by atoms with Crippen LogP contribution in [0.3, 0.4) is 0 Å². The molecule has 1 aromatic rings. The van der Waals surface area contributed by atoms with Crippen LogP contribution in [0.5, 0.6) is 0 Å². The van der Waals surface area contributed by atoms with Crippen LogP contribution in [0.15, 0.2) is 42.0 Å². The van der Waals surface area contributed by atoms with Crippen LogP contribution >= 0.6 is 0 Å². The zero-order chi connectivity index (χ0) is 27.3. The maximum Gasteiger partial charge on any atom is 0.338 e. The molecule has 8 heteroatoms. The van der Waals surface area contributed by atoms with E-state index >= 15 is 0 Å². The van der Waals surface area contributed by atoms with Crippen LogP contribution < -0.4 is 0 Å². The summed E-state index contributed by atoms with van der Waals surface area (Å²) in [6, 6.07) is 9.25. The van der Waals surface area contributed by atoms with Gasteiger partial charge >= 0.3 is 5.97 Å². The minimum Gasteiger partial charge on any atom is -0.455 e. The number of esters is 1. The monoisotopic (exact) mass is 539 g/mol. The molecule has 7 bridgehead atoms. The van der Waals surface area contributed by atoms with Crippen molar-refractivity contribution in [1.82, 2.24) is 4.90 Å². The van der Waals surface area contributed by atoms with E-state index in [4.69, 9.17) is 23.7 Å². The number of ether oxygens (including phenoxy) is 5. The van der Waals surface area contributed by atoms with Gasteiger partial charge in [0.25, 0.3) is 0 Å². The van der Waals surface area contributed by atoms with Gasteiger partial charge in [-0.25, -0.2) is 4.79 Å². The van der Waals surface area contributed by atoms with E-state index in [1.54, 1.807) is 26.4 Å². The van der Waals surface area contributed by atoms with Gasteiger partial charge in [-0.05, 0) is 44.4 Å². The highest BCUT2D eigenvalue weighted by molar-refractivity contribution is 5.89. The van der Waals surface area contributed by atoms with Gasteiger partial charge < -0.3 is 33.7 Å². The highest BCUT2D eigenvalue weighted by atomic mass is 16.6. The van der Waals surface area contributed by atoms with Crippen molar-refractivity contribution in [2.75, 3.05) is 48.6 Å². The molecule has 1 saturated heterocycles. The predicted octanol–water partition coefficient (Wildman–Crippen LogP) is 2.55. The second-order valence-corrected chi connectivity index (χ2v) is 13.0. The van der Waals surface area contributed by atoms with Crippen molar-refractivity contribution in [3.05, 3.63) is 47.5 Å². The van der Waals surface area contributed by atoms with Crippen LogP contribution in [0.2, 0.25) is 0 Å². The van der Waals surface area contributed by atoms with Gasteiger partial charge in [-0.15, -0.1) is 0 Å². The van der Waals surface area contributed by atoms with Crippen molar-refractivity contribution >= 4 is 5.97 Å². The van der Waals surface area contributed by atoms with Crippen molar-refractivity contribution < 1.29 is 33.6 Å². The molecule has 8 nitrogen and oxygen atoms in total. The molecule has 1 unspecified atom stereocenters. The SMILES string of the molecule is COC[C@@]12CC[C@H](OC)[C@@]34C([C@@H](C5=C[C@H](OC)[C@@]6(O)C[C@@H]3[C@@H]5[C@H]6OC(=O)c3ccccc3)[C@H](OC)[C@H]14)N(C)C2. The normalized spacial score (nSPS) is 49.1. The van der Waals surface area contributed by atoms with Crippen LogP contribution in [0.4, 0.5) is 0 Å². The van der Waals surface area contributed by atoms with E-state index in [1.165, 1.54) is 5.57 Å². The van der Waals surface area contributed by atoms with Crippen molar-refractivity contribution in [1.29, 1.82) is 0 Å². The summed E-state index contributed by atoms with van der Waals surface area (Å²) >= 11 is 0. The Morgan fingerprint density at radius 2 is 1.85 bits per heavy atom. The van der Waals surface area contributed by atoms with Gasteiger partial charge in [0.15, 0.2) is 0 Å². The van der Waals surface area contributed by atoms with Crippen molar-refractivity contribution in [3.63, 3.8) is 0 Å². The molecule has 5 fully saturated rings. The van der Waals surface area contributed by atoms with E-state index in [-0.39, 0.29) is 52.8 Å². The van der Waals surface area contributed by atoms with Gasteiger partial charge in [0.2, 0.25) is 0 Å². The molecule has 4 saturated carbocycles. The summed E-state index contributed by atoms with van der Waals surface area (Å²) in [5.74, 6) is -0.213. The standard InChI is InChI=1S/C31H41NO7/c1-32-15-29(16-35-2)12-11-20(36-3)31-19-14-30(34)21(37-4)13-18(23(26(31)32)24(38-5)25(29)31)22(19)27(30)39-28(33)17-9-7-6-8-10-17/h6-10,13,19-27,34H,11-12,14-16H2,1-5H3/t19-,20+,21+,22-,23+,24+,25-,26?,27-,29+,30+,31+/m1/s1. The Kier molecular flexibility index (Phi) is 5.92. The number of piperidine rings is 1. The molecular weight excluding hydrogens is 498 g/mol. The molecule has 7 rings (SSSR count). The van der Waals surface area contributed by atoms with E-state index in [0.717, 1.165) is 19.4 Å². The Bertz CT molecular complexity index is 1170. The maximum absolute atomic E-state index is 13.4. The summed E-state index contributed by atoms with van der Waals surface area (Å²) in [5, 5.41) is 12.4. The Hall–Kier alpha value is -1.81. The fourth-order valence-electron chi connectivity index (χ4n) is 11.1. The smallest absolute Gasteiger partial charge is 0.338 e. The Morgan fingerprint density at radius 1 is 1.08 bits per heavy atom. The molecule has 0 amide bonds. The summed E-state index contributed by atoms with van der Waals surface area (Å²) < 4.78 is 31.1. The predicted molar refractivity (Wildman–Crippen MR) is 142 cm³/mol. The van der Waals surface area contributed by atoms with E-state index in [0.29, 0.717) is 18.6 Å². The van der Waals surface area contributed by atoms with Crippen LogP contribution in [-0.4, -0.2) is 101 Å². The topological polar surface area (TPSA) is 86.7 Å². The van der Waals surface area contributed by atoms with E-state index in [2.05, 4.69) is 18.0 Å². The molecule has 1 N–H and O–H groups in total. The van der Waals surface area contributed by atoms with Crippen molar-refractivity contribution in [2.24, 2.45) is 34.5 Å². The molecule has 0 aromatic heterocycles. The highest BCUT2D eigenvalue weighted by Gasteiger charge is 2.84. The lowest BCUT2D eigenvalue weighted by atomic mass is 9.44. The third-order valence-corrected chi connectivity index (χ3v) is 11.8. The van der Waals surface area contributed by atoms with Crippen LogP contribution in [0.1, 0.15) is 29.6 Å². The lowest BCUT2D eigenvalue weighted by Crippen LogP contribution is -2.72. The molecule has 1 aromatic carbocycles. The zero-order valence-electron chi connectivity index (χ0n) is 23.5. The fraction of sp³-hybridized carbons (Fsp3) is 0.710. The lowest BCUT2D eigenvalue weighted by Gasteiger charge is -2.67. The minimum atomic E-state index is -1.33. The van der Waals surface area contributed by atoms with Crippen molar-refractivity contribution in [2.45, 2.75) is 55.3 Å². The summed E-state index contributed by atoms with van der Waals surface area (Å²) in [5.41, 5.74) is 0.00849. The molecular formula is C31H41NO7. The summed E-state index contributed by atoms with van der Waals surface area (Å²) in [7, 11) is 9.34.